The fraction of sp³-hybridized carbons (Fsp3) is 0.400. The summed E-state index contributed by atoms with van der Waals surface area (Å²) in [6.07, 6.45) is 1.66. The van der Waals surface area contributed by atoms with Gasteiger partial charge >= 0.3 is 5.97 Å². The van der Waals surface area contributed by atoms with Gasteiger partial charge in [0, 0.05) is 25.0 Å². The first-order valence-corrected chi connectivity index (χ1v) is 4.65. The number of hydrogen-bond donors (Lipinski definition) is 2. The van der Waals surface area contributed by atoms with Gasteiger partial charge in [-0.2, -0.15) is 0 Å². The van der Waals surface area contributed by atoms with Gasteiger partial charge in [0.25, 0.3) is 0 Å². The van der Waals surface area contributed by atoms with Crippen molar-refractivity contribution in [3.63, 3.8) is 0 Å². The standard InChI is InChI=1S/C10H15N3O2/c1-7(10(14)15-3)13-8-4-5-12-9(6-8)11-2/h4-7H,1-3H3,(H2,11,12,13). The molecule has 1 atom stereocenters. The number of pyridine rings is 1. The molecule has 82 valence electrons. The zero-order valence-corrected chi connectivity index (χ0v) is 9.07. The lowest BCUT2D eigenvalue weighted by Gasteiger charge is -2.13. The number of esters is 1. The average molecular weight is 209 g/mol. The van der Waals surface area contributed by atoms with Crippen LogP contribution in [0.1, 0.15) is 6.92 Å². The minimum Gasteiger partial charge on any atom is -0.467 e. The number of hydrogen-bond acceptors (Lipinski definition) is 5. The molecule has 1 aromatic rings. The van der Waals surface area contributed by atoms with Crippen molar-refractivity contribution in [3.05, 3.63) is 18.3 Å². The zero-order chi connectivity index (χ0) is 11.3. The molecule has 0 spiro atoms. The van der Waals surface area contributed by atoms with E-state index in [-0.39, 0.29) is 12.0 Å². The summed E-state index contributed by atoms with van der Waals surface area (Å²) in [6, 6.07) is 3.24. The number of carbonyl (C=O) groups is 1. The predicted octanol–water partition coefficient (Wildman–Crippen LogP) is 1.10. The highest BCUT2D eigenvalue weighted by atomic mass is 16.5. The van der Waals surface area contributed by atoms with Crippen LogP contribution >= 0.6 is 0 Å². The Hall–Kier alpha value is -1.78. The lowest BCUT2D eigenvalue weighted by molar-refractivity contribution is -0.141. The quantitative estimate of drug-likeness (QED) is 0.727. The van der Waals surface area contributed by atoms with Gasteiger partial charge < -0.3 is 15.4 Å². The van der Waals surface area contributed by atoms with Crippen LogP contribution in [-0.4, -0.2) is 31.2 Å². The summed E-state index contributed by atoms with van der Waals surface area (Å²) >= 11 is 0. The van der Waals surface area contributed by atoms with E-state index in [1.807, 2.05) is 6.07 Å². The molecule has 1 rings (SSSR count). The SMILES string of the molecule is CNc1cc(NC(C)C(=O)OC)ccn1. The number of aromatic nitrogens is 1. The van der Waals surface area contributed by atoms with Gasteiger partial charge in [-0.3, -0.25) is 0 Å². The molecule has 5 heteroatoms. The topological polar surface area (TPSA) is 63.2 Å². The van der Waals surface area contributed by atoms with Crippen molar-refractivity contribution >= 4 is 17.5 Å². The summed E-state index contributed by atoms with van der Waals surface area (Å²) in [6.45, 7) is 1.74. The number of nitrogens with zero attached hydrogens (tertiary/aromatic N) is 1. The zero-order valence-electron chi connectivity index (χ0n) is 9.07. The Morgan fingerprint density at radius 3 is 2.93 bits per heavy atom. The van der Waals surface area contributed by atoms with Gasteiger partial charge in [0.05, 0.1) is 7.11 Å². The van der Waals surface area contributed by atoms with Crippen LogP contribution < -0.4 is 10.6 Å². The van der Waals surface area contributed by atoms with E-state index in [0.717, 1.165) is 11.5 Å². The van der Waals surface area contributed by atoms with Crippen molar-refractivity contribution in [1.82, 2.24) is 4.98 Å². The van der Waals surface area contributed by atoms with Crippen molar-refractivity contribution in [1.29, 1.82) is 0 Å². The largest absolute Gasteiger partial charge is 0.467 e. The van der Waals surface area contributed by atoms with Crippen LogP contribution in [0.25, 0.3) is 0 Å². The number of carbonyl (C=O) groups excluding carboxylic acids is 1. The van der Waals surface area contributed by atoms with E-state index in [1.54, 1.807) is 26.2 Å². The number of nitrogens with one attached hydrogen (secondary N) is 2. The van der Waals surface area contributed by atoms with E-state index < -0.39 is 0 Å². The van der Waals surface area contributed by atoms with Crippen LogP contribution in [0.3, 0.4) is 0 Å². The maximum absolute atomic E-state index is 11.2. The van der Waals surface area contributed by atoms with Crippen molar-refractivity contribution in [2.24, 2.45) is 0 Å². The van der Waals surface area contributed by atoms with Crippen LogP contribution in [0.2, 0.25) is 0 Å². The fourth-order valence-electron chi connectivity index (χ4n) is 1.14. The first kappa shape index (κ1) is 11.3. The van der Waals surface area contributed by atoms with E-state index in [2.05, 4.69) is 20.4 Å². The molecule has 0 bridgehead atoms. The summed E-state index contributed by atoms with van der Waals surface area (Å²) in [7, 11) is 3.15. The summed E-state index contributed by atoms with van der Waals surface area (Å²) in [5, 5.41) is 5.93. The van der Waals surface area contributed by atoms with Gasteiger partial charge in [-0.1, -0.05) is 0 Å². The number of methoxy groups -OCH3 is 1. The van der Waals surface area contributed by atoms with Crippen molar-refractivity contribution in [2.75, 3.05) is 24.8 Å². The Balaban J connectivity index is 2.67. The van der Waals surface area contributed by atoms with E-state index in [0.29, 0.717) is 0 Å². The van der Waals surface area contributed by atoms with E-state index in [1.165, 1.54) is 7.11 Å². The van der Waals surface area contributed by atoms with Gasteiger partial charge in [-0.25, -0.2) is 9.78 Å². The van der Waals surface area contributed by atoms with Gasteiger partial charge in [0.2, 0.25) is 0 Å². The molecule has 0 aliphatic carbocycles. The second-order valence-electron chi connectivity index (χ2n) is 3.07. The molecule has 0 amide bonds. The molecule has 0 aromatic carbocycles. The third-order valence-corrected chi connectivity index (χ3v) is 1.95. The maximum atomic E-state index is 11.2. The Morgan fingerprint density at radius 1 is 1.60 bits per heavy atom. The smallest absolute Gasteiger partial charge is 0.327 e. The molecule has 0 aliphatic heterocycles. The monoisotopic (exact) mass is 209 g/mol. The second kappa shape index (κ2) is 5.19. The number of rotatable bonds is 4. The predicted molar refractivity (Wildman–Crippen MR) is 58.9 cm³/mol. The highest BCUT2D eigenvalue weighted by Gasteiger charge is 2.12. The Labute approximate surface area is 88.9 Å². The molecule has 1 aromatic heterocycles. The third kappa shape index (κ3) is 3.12. The van der Waals surface area contributed by atoms with E-state index in [9.17, 15) is 4.79 Å². The summed E-state index contributed by atoms with van der Waals surface area (Å²) < 4.78 is 4.61. The highest BCUT2D eigenvalue weighted by molar-refractivity contribution is 5.78. The lowest BCUT2D eigenvalue weighted by Crippen LogP contribution is -2.27. The van der Waals surface area contributed by atoms with Gasteiger partial charge in [0.15, 0.2) is 0 Å². The normalized spacial score (nSPS) is 11.7. The molecule has 0 aliphatic rings. The third-order valence-electron chi connectivity index (χ3n) is 1.95. The van der Waals surface area contributed by atoms with Crippen LogP contribution in [0.15, 0.2) is 18.3 Å². The molecule has 0 saturated carbocycles. The second-order valence-corrected chi connectivity index (χ2v) is 3.07. The molecule has 0 radical (unpaired) electrons. The molecular weight excluding hydrogens is 194 g/mol. The summed E-state index contributed by atoms with van der Waals surface area (Å²) in [4.78, 5) is 15.2. The van der Waals surface area contributed by atoms with E-state index in [4.69, 9.17) is 0 Å². The van der Waals surface area contributed by atoms with Crippen LogP contribution in [0.5, 0.6) is 0 Å². The minimum atomic E-state index is -0.373. The first-order valence-electron chi connectivity index (χ1n) is 4.65. The van der Waals surface area contributed by atoms with Crippen LogP contribution in [-0.2, 0) is 9.53 Å². The first-order chi connectivity index (χ1) is 7.17. The Kier molecular flexibility index (Phi) is 3.91. The fourth-order valence-corrected chi connectivity index (χ4v) is 1.14. The molecule has 2 N–H and O–H groups in total. The van der Waals surface area contributed by atoms with Gasteiger partial charge in [-0.15, -0.1) is 0 Å². The average Bonchev–Trinajstić information content (AvgIpc) is 2.28. The number of ether oxygens (including phenoxy) is 1. The van der Waals surface area contributed by atoms with Crippen molar-refractivity contribution in [2.45, 2.75) is 13.0 Å². The molecular formula is C10H15N3O2. The summed E-state index contributed by atoms with van der Waals surface area (Å²) in [5.41, 5.74) is 0.826. The molecule has 0 saturated heterocycles. The van der Waals surface area contributed by atoms with Gasteiger partial charge in [0.1, 0.15) is 11.9 Å². The molecule has 0 fully saturated rings. The minimum absolute atomic E-state index is 0.294. The van der Waals surface area contributed by atoms with E-state index >= 15 is 0 Å². The molecule has 15 heavy (non-hydrogen) atoms. The Bertz CT molecular complexity index is 341. The molecule has 5 nitrogen and oxygen atoms in total. The molecule has 1 heterocycles. The lowest BCUT2D eigenvalue weighted by atomic mass is 10.3. The maximum Gasteiger partial charge on any atom is 0.327 e. The van der Waals surface area contributed by atoms with Crippen LogP contribution in [0.4, 0.5) is 11.5 Å². The Morgan fingerprint density at radius 2 is 2.33 bits per heavy atom. The number of anilines is 2. The molecule has 1 unspecified atom stereocenters. The highest BCUT2D eigenvalue weighted by Crippen LogP contribution is 2.12. The van der Waals surface area contributed by atoms with Crippen LogP contribution in [0, 0.1) is 0 Å². The van der Waals surface area contributed by atoms with Gasteiger partial charge in [-0.05, 0) is 13.0 Å². The van der Waals surface area contributed by atoms with Crippen molar-refractivity contribution < 1.29 is 9.53 Å². The van der Waals surface area contributed by atoms with Crippen molar-refractivity contribution in [3.8, 4) is 0 Å². The summed E-state index contributed by atoms with van der Waals surface area (Å²) in [5.74, 6) is 0.454.